The van der Waals surface area contributed by atoms with Gasteiger partial charge >= 0.3 is 0 Å². The number of ether oxygens (including phenoxy) is 2. The Morgan fingerprint density at radius 2 is 1.89 bits per heavy atom. The molecule has 0 radical (unpaired) electrons. The summed E-state index contributed by atoms with van der Waals surface area (Å²) >= 11 is 3.31. The number of methoxy groups -OCH3 is 1. The third-order valence-electron chi connectivity index (χ3n) is 6.58. The first-order chi connectivity index (χ1) is 17.9. The average molecular weight is 610 g/mol. The SMILES string of the molecule is COc1ccc(Br)cc1S(=O)(=O)Nc1cc2c(C)noc2cc1OCC(=O)NC1CCN(C(C)(C)C)CC1. The summed E-state index contributed by atoms with van der Waals surface area (Å²) in [5, 5.41) is 7.60. The highest BCUT2D eigenvalue weighted by molar-refractivity contribution is 9.10. The molecule has 0 aliphatic carbocycles. The van der Waals surface area contributed by atoms with Crippen molar-refractivity contribution in [1.82, 2.24) is 15.4 Å². The van der Waals surface area contributed by atoms with Crippen LogP contribution in [-0.2, 0) is 14.8 Å². The number of rotatable bonds is 8. The Balaban J connectivity index is 1.51. The number of aromatic nitrogens is 1. The van der Waals surface area contributed by atoms with E-state index in [1.165, 1.54) is 19.2 Å². The van der Waals surface area contributed by atoms with Gasteiger partial charge in [0.05, 0.1) is 18.5 Å². The fraction of sp³-hybridized carbons (Fsp3) is 0.462. The van der Waals surface area contributed by atoms with Crippen molar-refractivity contribution in [2.75, 3.05) is 31.5 Å². The van der Waals surface area contributed by atoms with Crippen LogP contribution in [0.5, 0.6) is 11.5 Å². The second-order valence-electron chi connectivity index (χ2n) is 10.3. The number of carbonyl (C=O) groups excluding carboxylic acids is 1. The van der Waals surface area contributed by atoms with Crippen molar-refractivity contribution >= 4 is 48.5 Å². The number of benzene rings is 2. The fourth-order valence-electron chi connectivity index (χ4n) is 4.45. The Hall–Kier alpha value is -2.83. The van der Waals surface area contributed by atoms with Crippen LogP contribution in [0.15, 0.2) is 44.2 Å². The van der Waals surface area contributed by atoms with Gasteiger partial charge in [0.2, 0.25) is 0 Å². The van der Waals surface area contributed by atoms with Crippen molar-refractivity contribution < 1.29 is 27.2 Å². The Kier molecular flexibility index (Phi) is 8.24. The number of carbonyl (C=O) groups is 1. The van der Waals surface area contributed by atoms with Gasteiger partial charge in [0.15, 0.2) is 12.2 Å². The maximum Gasteiger partial charge on any atom is 0.265 e. The summed E-state index contributed by atoms with van der Waals surface area (Å²) in [6, 6.07) is 7.86. The van der Waals surface area contributed by atoms with Crippen LogP contribution >= 0.6 is 15.9 Å². The van der Waals surface area contributed by atoms with E-state index >= 15 is 0 Å². The normalized spacial score (nSPS) is 15.4. The van der Waals surface area contributed by atoms with Crippen LogP contribution in [0, 0.1) is 6.92 Å². The van der Waals surface area contributed by atoms with Gasteiger partial charge in [-0.05, 0) is 64.8 Å². The summed E-state index contributed by atoms with van der Waals surface area (Å²) < 4.78 is 46.3. The van der Waals surface area contributed by atoms with Crippen molar-refractivity contribution in [3.05, 3.63) is 40.5 Å². The molecule has 0 spiro atoms. The predicted molar refractivity (Wildman–Crippen MR) is 148 cm³/mol. The minimum absolute atomic E-state index is 0.0539. The van der Waals surface area contributed by atoms with Gasteiger partial charge in [0.25, 0.3) is 15.9 Å². The Morgan fingerprint density at radius 3 is 2.55 bits per heavy atom. The highest BCUT2D eigenvalue weighted by Crippen LogP contribution is 2.35. The number of anilines is 1. The molecule has 10 nitrogen and oxygen atoms in total. The lowest BCUT2D eigenvalue weighted by Gasteiger charge is -2.41. The fourth-order valence-corrected chi connectivity index (χ4v) is 6.22. The number of piperidine rings is 1. The molecule has 1 aromatic heterocycles. The minimum atomic E-state index is -4.09. The Bertz CT molecular complexity index is 1430. The zero-order chi connectivity index (χ0) is 27.7. The molecule has 2 N–H and O–H groups in total. The molecule has 38 heavy (non-hydrogen) atoms. The van der Waals surface area contributed by atoms with Gasteiger partial charge in [-0.1, -0.05) is 21.1 Å². The number of fused-ring (bicyclic) bond motifs is 1. The molecule has 0 unspecified atom stereocenters. The number of hydrogen-bond acceptors (Lipinski definition) is 8. The van der Waals surface area contributed by atoms with Crippen molar-refractivity contribution in [2.45, 2.75) is 57.0 Å². The third kappa shape index (κ3) is 6.41. The molecule has 4 rings (SSSR count). The van der Waals surface area contributed by atoms with Gasteiger partial charge in [-0.3, -0.25) is 14.4 Å². The molecule has 1 fully saturated rings. The maximum absolute atomic E-state index is 13.4. The molecular weight excluding hydrogens is 576 g/mol. The number of nitrogens with zero attached hydrogens (tertiary/aromatic N) is 2. The van der Waals surface area contributed by atoms with Crippen molar-refractivity contribution in [3.8, 4) is 11.5 Å². The first kappa shape index (κ1) is 28.2. The van der Waals surface area contributed by atoms with Gasteiger partial charge in [0, 0.05) is 40.6 Å². The van der Waals surface area contributed by atoms with E-state index < -0.39 is 10.0 Å². The maximum atomic E-state index is 13.4. The number of halogens is 1. The first-order valence-electron chi connectivity index (χ1n) is 12.3. The van der Waals surface area contributed by atoms with Crippen LogP contribution in [0.1, 0.15) is 39.3 Å². The first-order valence-corrected chi connectivity index (χ1v) is 14.6. The molecule has 1 aliphatic heterocycles. The molecule has 0 saturated carbocycles. The quantitative estimate of drug-likeness (QED) is 0.384. The lowest BCUT2D eigenvalue weighted by Crippen LogP contribution is -2.51. The number of likely N-dealkylation sites (tertiary alicyclic amines) is 1. The lowest BCUT2D eigenvalue weighted by atomic mass is 9.98. The van der Waals surface area contributed by atoms with E-state index in [2.05, 4.69) is 56.8 Å². The number of amides is 1. The summed E-state index contributed by atoms with van der Waals surface area (Å²) in [6.07, 6.45) is 1.71. The molecule has 206 valence electrons. The van der Waals surface area contributed by atoms with E-state index in [4.69, 9.17) is 14.0 Å². The molecule has 0 atom stereocenters. The Morgan fingerprint density at radius 1 is 1.18 bits per heavy atom. The smallest absolute Gasteiger partial charge is 0.265 e. The standard InChI is InChI=1S/C26H33BrN4O6S/c1-16-19-13-20(30-38(33,34)24-12-17(27)6-7-21(24)35-5)23(14-22(19)37-29-16)36-15-25(32)28-18-8-10-31(11-9-18)26(2,3)4/h6-7,12-14,18,30H,8-11,15H2,1-5H3,(H,28,32). The van der Waals surface area contributed by atoms with Gasteiger partial charge in [0.1, 0.15) is 16.4 Å². The molecular formula is C26H33BrN4O6S. The van der Waals surface area contributed by atoms with Crippen LogP contribution in [0.3, 0.4) is 0 Å². The summed E-state index contributed by atoms with van der Waals surface area (Å²) in [6.45, 7) is 9.83. The molecule has 0 bridgehead atoms. The van der Waals surface area contributed by atoms with Gasteiger partial charge in [-0.25, -0.2) is 8.42 Å². The molecule has 1 aliphatic rings. The predicted octanol–water partition coefficient (Wildman–Crippen LogP) is 4.47. The molecule has 1 amide bonds. The van der Waals surface area contributed by atoms with Crippen LogP contribution in [0.25, 0.3) is 11.0 Å². The molecule has 12 heteroatoms. The number of nitrogens with one attached hydrogen (secondary N) is 2. The molecule has 1 saturated heterocycles. The highest BCUT2D eigenvalue weighted by atomic mass is 79.9. The monoisotopic (exact) mass is 608 g/mol. The molecule has 3 aromatic rings. The highest BCUT2D eigenvalue weighted by Gasteiger charge is 2.28. The van der Waals surface area contributed by atoms with E-state index in [0.717, 1.165) is 25.9 Å². The summed E-state index contributed by atoms with van der Waals surface area (Å²) in [4.78, 5) is 15.1. The van der Waals surface area contributed by atoms with E-state index in [9.17, 15) is 13.2 Å². The summed E-state index contributed by atoms with van der Waals surface area (Å²) in [5.74, 6) is 0.0432. The van der Waals surface area contributed by atoms with E-state index in [0.29, 0.717) is 21.1 Å². The second-order valence-corrected chi connectivity index (χ2v) is 12.9. The van der Waals surface area contributed by atoms with Gasteiger partial charge in [-0.2, -0.15) is 0 Å². The number of hydrogen-bond donors (Lipinski definition) is 2. The number of aryl methyl sites for hydroxylation is 1. The van der Waals surface area contributed by atoms with E-state index in [-0.39, 0.29) is 46.2 Å². The van der Waals surface area contributed by atoms with Crippen molar-refractivity contribution in [3.63, 3.8) is 0 Å². The molecule has 2 aromatic carbocycles. The summed E-state index contributed by atoms with van der Waals surface area (Å²) in [5.41, 5.74) is 1.25. The summed E-state index contributed by atoms with van der Waals surface area (Å²) in [7, 11) is -2.69. The zero-order valence-corrected chi connectivity index (χ0v) is 24.5. The van der Waals surface area contributed by atoms with Crippen molar-refractivity contribution in [1.29, 1.82) is 0 Å². The van der Waals surface area contributed by atoms with Gasteiger partial charge in [-0.15, -0.1) is 0 Å². The van der Waals surface area contributed by atoms with Crippen LogP contribution < -0.4 is 19.5 Å². The lowest BCUT2D eigenvalue weighted by molar-refractivity contribution is -0.124. The van der Waals surface area contributed by atoms with Crippen LogP contribution in [-0.4, -0.2) is 62.8 Å². The third-order valence-corrected chi connectivity index (χ3v) is 8.46. The average Bonchev–Trinajstić information content (AvgIpc) is 3.21. The number of sulfonamides is 1. The topological polar surface area (TPSA) is 123 Å². The Labute approximate surface area is 231 Å². The molecule has 2 heterocycles. The van der Waals surface area contributed by atoms with Crippen LogP contribution in [0.2, 0.25) is 0 Å². The largest absolute Gasteiger partial charge is 0.495 e. The second kappa shape index (κ2) is 11.1. The van der Waals surface area contributed by atoms with E-state index in [1.54, 1.807) is 25.1 Å². The minimum Gasteiger partial charge on any atom is -0.495 e. The van der Waals surface area contributed by atoms with Gasteiger partial charge < -0.3 is 19.3 Å². The van der Waals surface area contributed by atoms with Crippen molar-refractivity contribution in [2.24, 2.45) is 0 Å². The van der Waals surface area contributed by atoms with Crippen LogP contribution in [0.4, 0.5) is 5.69 Å². The van der Waals surface area contributed by atoms with E-state index in [1.807, 2.05) is 0 Å². The zero-order valence-electron chi connectivity index (χ0n) is 22.1.